The van der Waals surface area contributed by atoms with E-state index < -0.39 is 0 Å². The first-order valence-electron chi connectivity index (χ1n) is 6.36. The van der Waals surface area contributed by atoms with Gasteiger partial charge in [-0.05, 0) is 18.4 Å². The highest BCUT2D eigenvalue weighted by Gasteiger charge is 2.22. The third-order valence-electron chi connectivity index (χ3n) is 3.14. The van der Waals surface area contributed by atoms with Crippen molar-refractivity contribution in [2.45, 2.75) is 38.0 Å². The molecule has 1 unspecified atom stereocenters. The van der Waals surface area contributed by atoms with E-state index in [0.29, 0.717) is 11.3 Å². The van der Waals surface area contributed by atoms with Gasteiger partial charge in [-0.1, -0.05) is 55.9 Å². The molecule has 0 fully saturated rings. The number of aliphatic imine (C=N–C) groups is 1. The Labute approximate surface area is 108 Å². The zero-order chi connectivity index (χ0) is 12.1. The monoisotopic (exact) mass is 248 g/mol. The lowest BCUT2D eigenvalue weighted by molar-refractivity contribution is 0.573. The Morgan fingerprint density at radius 1 is 1.29 bits per heavy atom. The largest absolute Gasteiger partial charge is 0.362 e. The molecule has 0 aliphatic carbocycles. The zero-order valence-electron chi connectivity index (χ0n) is 10.5. The molecule has 0 saturated heterocycles. The molecule has 1 heterocycles. The number of hydrogen-bond acceptors (Lipinski definition) is 3. The molecule has 1 aliphatic rings. The van der Waals surface area contributed by atoms with Crippen molar-refractivity contribution in [1.29, 1.82) is 0 Å². The van der Waals surface area contributed by atoms with Crippen LogP contribution in [0.3, 0.4) is 0 Å². The summed E-state index contributed by atoms with van der Waals surface area (Å²) in [6, 6.07) is 11.2. The van der Waals surface area contributed by atoms with Crippen LogP contribution in [0.25, 0.3) is 0 Å². The number of rotatable bonds is 4. The second-order valence-corrected chi connectivity index (χ2v) is 5.51. The highest BCUT2D eigenvalue weighted by atomic mass is 32.2. The van der Waals surface area contributed by atoms with Crippen molar-refractivity contribution in [2.75, 3.05) is 6.54 Å². The molecule has 1 N–H and O–H groups in total. The van der Waals surface area contributed by atoms with Gasteiger partial charge in [0.25, 0.3) is 0 Å². The first-order chi connectivity index (χ1) is 8.33. The van der Waals surface area contributed by atoms with Crippen LogP contribution in [0.4, 0.5) is 0 Å². The van der Waals surface area contributed by atoms with Gasteiger partial charge in [0.1, 0.15) is 0 Å². The highest BCUT2D eigenvalue weighted by Crippen LogP contribution is 2.34. The lowest BCUT2D eigenvalue weighted by Crippen LogP contribution is -2.31. The van der Waals surface area contributed by atoms with E-state index in [-0.39, 0.29) is 0 Å². The fourth-order valence-corrected chi connectivity index (χ4v) is 3.06. The molecule has 0 spiro atoms. The van der Waals surface area contributed by atoms with Crippen molar-refractivity contribution in [3.05, 3.63) is 35.9 Å². The van der Waals surface area contributed by atoms with Gasteiger partial charge in [0, 0.05) is 6.04 Å². The summed E-state index contributed by atoms with van der Waals surface area (Å²) in [6.07, 6.45) is 2.32. The van der Waals surface area contributed by atoms with E-state index in [1.54, 1.807) is 0 Å². The van der Waals surface area contributed by atoms with E-state index in [1.807, 2.05) is 11.8 Å². The van der Waals surface area contributed by atoms with Crippen molar-refractivity contribution >= 4 is 16.9 Å². The molecule has 0 saturated carbocycles. The molecule has 0 amide bonds. The number of hydrogen-bond donors (Lipinski definition) is 1. The summed E-state index contributed by atoms with van der Waals surface area (Å²) in [7, 11) is 0. The molecule has 92 valence electrons. The minimum Gasteiger partial charge on any atom is -0.362 e. The molecule has 0 bridgehead atoms. The SMILES string of the molecule is CCC(CC)NC1=NCC(c2ccccc2)S1. The summed E-state index contributed by atoms with van der Waals surface area (Å²) in [4.78, 5) is 4.60. The molecule has 1 aromatic rings. The maximum absolute atomic E-state index is 4.60. The smallest absolute Gasteiger partial charge is 0.157 e. The summed E-state index contributed by atoms with van der Waals surface area (Å²) in [6.45, 7) is 5.34. The molecule has 1 aromatic carbocycles. The second kappa shape index (κ2) is 6.10. The van der Waals surface area contributed by atoms with Gasteiger partial charge in [-0.2, -0.15) is 0 Å². The van der Waals surface area contributed by atoms with E-state index >= 15 is 0 Å². The highest BCUT2D eigenvalue weighted by molar-refractivity contribution is 8.14. The molecule has 0 radical (unpaired) electrons. The van der Waals surface area contributed by atoms with Crippen LogP contribution in [0, 0.1) is 0 Å². The van der Waals surface area contributed by atoms with Gasteiger partial charge in [-0.25, -0.2) is 0 Å². The van der Waals surface area contributed by atoms with Crippen LogP contribution in [0.1, 0.15) is 37.5 Å². The Morgan fingerprint density at radius 2 is 2.00 bits per heavy atom. The molecule has 2 nitrogen and oxygen atoms in total. The van der Waals surface area contributed by atoms with Crippen molar-refractivity contribution in [1.82, 2.24) is 5.32 Å². The number of thioether (sulfide) groups is 1. The first-order valence-corrected chi connectivity index (χ1v) is 7.24. The standard InChI is InChI=1S/C14H20N2S/c1-3-12(4-2)16-14-15-10-13(17-14)11-8-6-5-7-9-11/h5-9,12-13H,3-4,10H2,1-2H3,(H,15,16). The maximum atomic E-state index is 4.60. The molecule has 2 rings (SSSR count). The molecule has 1 aliphatic heterocycles. The third kappa shape index (κ3) is 3.25. The van der Waals surface area contributed by atoms with Crippen LogP contribution in [-0.2, 0) is 0 Å². The van der Waals surface area contributed by atoms with E-state index in [9.17, 15) is 0 Å². The minimum absolute atomic E-state index is 0.494. The number of benzene rings is 1. The molecule has 1 atom stereocenters. The number of nitrogens with zero attached hydrogens (tertiary/aromatic N) is 1. The third-order valence-corrected chi connectivity index (χ3v) is 4.32. The van der Waals surface area contributed by atoms with Gasteiger partial charge >= 0.3 is 0 Å². The quantitative estimate of drug-likeness (QED) is 0.880. The Kier molecular flexibility index (Phi) is 4.49. The topological polar surface area (TPSA) is 24.4 Å². The fraction of sp³-hybridized carbons (Fsp3) is 0.500. The van der Waals surface area contributed by atoms with Gasteiger partial charge in [0.05, 0.1) is 11.8 Å². The average molecular weight is 248 g/mol. The predicted octanol–water partition coefficient (Wildman–Crippen LogP) is 3.61. The lowest BCUT2D eigenvalue weighted by atomic mass is 10.1. The van der Waals surface area contributed by atoms with Crippen molar-refractivity contribution < 1.29 is 0 Å². The van der Waals surface area contributed by atoms with E-state index in [0.717, 1.165) is 24.6 Å². The normalized spacial score (nSPS) is 19.5. The summed E-state index contributed by atoms with van der Waals surface area (Å²) in [5.41, 5.74) is 1.38. The van der Waals surface area contributed by atoms with Crippen LogP contribution >= 0.6 is 11.8 Å². The predicted molar refractivity (Wildman–Crippen MR) is 76.6 cm³/mol. The minimum atomic E-state index is 0.494. The van der Waals surface area contributed by atoms with E-state index in [4.69, 9.17) is 0 Å². The Hall–Kier alpha value is -0.960. The number of amidine groups is 1. The lowest BCUT2D eigenvalue weighted by Gasteiger charge is -2.16. The Bertz CT molecular complexity index is 371. The Balaban J connectivity index is 1.90. The van der Waals surface area contributed by atoms with E-state index in [2.05, 4.69) is 54.5 Å². The second-order valence-electron chi connectivity index (χ2n) is 4.32. The van der Waals surface area contributed by atoms with E-state index in [1.165, 1.54) is 5.56 Å². The van der Waals surface area contributed by atoms with Gasteiger partial charge < -0.3 is 5.32 Å². The Morgan fingerprint density at radius 3 is 2.65 bits per heavy atom. The summed E-state index contributed by atoms with van der Waals surface area (Å²) in [5.74, 6) is 0. The van der Waals surface area contributed by atoms with Crippen molar-refractivity contribution in [3.63, 3.8) is 0 Å². The van der Waals surface area contributed by atoms with Gasteiger partial charge in [0.15, 0.2) is 5.17 Å². The van der Waals surface area contributed by atoms with Gasteiger partial charge in [-0.3, -0.25) is 4.99 Å². The summed E-state index contributed by atoms with van der Waals surface area (Å²) >= 11 is 1.86. The average Bonchev–Trinajstić information content (AvgIpc) is 2.85. The molecule has 3 heteroatoms. The molecular weight excluding hydrogens is 228 g/mol. The molecule has 0 aromatic heterocycles. The summed E-state index contributed by atoms with van der Waals surface area (Å²) in [5, 5.41) is 5.14. The van der Waals surface area contributed by atoms with Crippen LogP contribution < -0.4 is 5.32 Å². The number of nitrogens with one attached hydrogen (secondary N) is 1. The molecule has 17 heavy (non-hydrogen) atoms. The van der Waals surface area contributed by atoms with Gasteiger partial charge in [-0.15, -0.1) is 0 Å². The van der Waals surface area contributed by atoms with Crippen molar-refractivity contribution in [3.8, 4) is 0 Å². The zero-order valence-corrected chi connectivity index (χ0v) is 11.3. The van der Waals surface area contributed by atoms with Crippen LogP contribution in [0.2, 0.25) is 0 Å². The first kappa shape index (κ1) is 12.5. The van der Waals surface area contributed by atoms with Crippen LogP contribution in [0.15, 0.2) is 35.3 Å². The summed E-state index contributed by atoms with van der Waals surface area (Å²) < 4.78 is 0. The van der Waals surface area contributed by atoms with Crippen molar-refractivity contribution in [2.24, 2.45) is 4.99 Å². The van der Waals surface area contributed by atoms with Crippen LogP contribution in [0.5, 0.6) is 0 Å². The fourth-order valence-electron chi connectivity index (χ4n) is 1.96. The van der Waals surface area contributed by atoms with Crippen LogP contribution in [-0.4, -0.2) is 17.8 Å². The van der Waals surface area contributed by atoms with Gasteiger partial charge in [0.2, 0.25) is 0 Å². The maximum Gasteiger partial charge on any atom is 0.157 e. The molecular formula is C14H20N2S.